The molecular formula is C42H50IrN3O2-. The Labute approximate surface area is 302 Å². The van der Waals surface area contributed by atoms with Crippen LogP contribution < -0.4 is 0 Å². The fraction of sp³-hybridized carbons (Fsp3) is 0.381. The zero-order chi connectivity index (χ0) is 34.7. The van der Waals surface area contributed by atoms with Crippen LogP contribution in [0.25, 0.3) is 38.6 Å². The van der Waals surface area contributed by atoms with Crippen molar-refractivity contribution < 1.29 is 30.0 Å². The summed E-state index contributed by atoms with van der Waals surface area (Å²) in [6.45, 7) is 26.0. The average molecular weight is 821 g/mol. The number of aliphatic hydroxyl groups excluding tert-OH is 1. The van der Waals surface area contributed by atoms with Crippen LogP contribution in [0.15, 0.2) is 66.6 Å². The van der Waals surface area contributed by atoms with Crippen LogP contribution in [0.2, 0.25) is 0 Å². The summed E-state index contributed by atoms with van der Waals surface area (Å²) in [5.41, 5.74) is 11.8. The van der Waals surface area contributed by atoms with Gasteiger partial charge >= 0.3 is 0 Å². The first-order chi connectivity index (χ1) is 22.5. The fourth-order valence-corrected chi connectivity index (χ4v) is 6.01. The molecule has 5 nitrogen and oxygen atoms in total. The van der Waals surface area contributed by atoms with Gasteiger partial charge in [-0.1, -0.05) is 89.9 Å². The van der Waals surface area contributed by atoms with Crippen molar-refractivity contribution in [3.05, 3.63) is 112 Å². The molecule has 6 heteroatoms. The van der Waals surface area contributed by atoms with E-state index in [1.807, 2.05) is 52.1 Å². The topological polar surface area (TPSA) is 67.4 Å². The smallest absolute Gasteiger partial charge is 0.187 e. The summed E-state index contributed by atoms with van der Waals surface area (Å²) in [7, 11) is 0. The second kappa shape index (κ2) is 19.2. The van der Waals surface area contributed by atoms with Gasteiger partial charge in [-0.3, -0.25) is 9.78 Å². The largest absolute Gasteiger partial charge is 0.512 e. The third-order valence-electron chi connectivity index (χ3n) is 8.63. The number of hydrogen-bond donors (Lipinski definition) is 1. The summed E-state index contributed by atoms with van der Waals surface area (Å²) in [6, 6.07) is 20.0. The molecule has 3 aromatic carbocycles. The van der Waals surface area contributed by atoms with Gasteiger partial charge in [0, 0.05) is 49.9 Å². The van der Waals surface area contributed by atoms with E-state index in [-0.39, 0.29) is 43.5 Å². The summed E-state index contributed by atoms with van der Waals surface area (Å²) in [5.74, 6) is 0.547. The van der Waals surface area contributed by atoms with E-state index in [0.717, 1.165) is 77.0 Å². The van der Waals surface area contributed by atoms with Crippen LogP contribution in [0.1, 0.15) is 88.1 Å². The maximum absolute atomic E-state index is 11.7. The molecule has 48 heavy (non-hydrogen) atoms. The van der Waals surface area contributed by atoms with Crippen LogP contribution in [0.4, 0.5) is 5.69 Å². The number of allylic oxidation sites excluding steroid dienone is 2. The molecule has 0 aliphatic rings. The van der Waals surface area contributed by atoms with Gasteiger partial charge in [-0.25, -0.2) is 4.85 Å². The number of carbonyl (C=O) groups is 1. The van der Waals surface area contributed by atoms with E-state index in [1.165, 1.54) is 22.8 Å². The predicted octanol–water partition coefficient (Wildman–Crippen LogP) is 11.5. The number of aryl methyl sites for hydroxylation is 5. The number of aliphatic hydroxyl groups is 1. The van der Waals surface area contributed by atoms with Crippen LogP contribution in [-0.4, -0.2) is 20.9 Å². The molecule has 0 aliphatic carbocycles. The van der Waals surface area contributed by atoms with Gasteiger partial charge in [0.1, 0.15) is 0 Å². The van der Waals surface area contributed by atoms with E-state index < -0.39 is 0 Å². The number of rotatable bonds is 11. The third-order valence-corrected chi connectivity index (χ3v) is 8.63. The molecule has 0 saturated carbocycles. The third kappa shape index (κ3) is 10.5. The Morgan fingerprint density at radius 3 is 2.00 bits per heavy atom. The standard InChI is InChI=1S/C29H26N3.C13H24O2.Ir/c1-7-22-8-9-25(30-6)16-26(22)27-17-31-28(23-12-18(2)10-19(3)13-23)29(32-27)24-14-20(4)11-21(5)15-24;1-5-10(6-2)12(14)9-13(15)11(7-3)8-4;/h8-12,14-17H,7H2,1-5H3;9-11,14H,5-8H2,1-4H3;/q-1;;/b;12-9-;. The monoisotopic (exact) mass is 821 g/mol. The Morgan fingerprint density at radius 1 is 0.854 bits per heavy atom. The molecule has 1 N–H and O–H groups in total. The van der Waals surface area contributed by atoms with E-state index in [0.29, 0.717) is 5.69 Å². The van der Waals surface area contributed by atoms with Crippen molar-refractivity contribution in [3.63, 3.8) is 0 Å². The molecule has 0 saturated heterocycles. The summed E-state index contributed by atoms with van der Waals surface area (Å²) < 4.78 is 0. The van der Waals surface area contributed by atoms with Crippen LogP contribution in [-0.2, 0) is 31.3 Å². The van der Waals surface area contributed by atoms with Gasteiger partial charge in [0.2, 0.25) is 0 Å². The van der Waals surface area contributed by atoms with Gasteiger partial charge in [0.25, 0.3) is 0 Å². The molecular weight excluding hydrogens is 771 g/mol. The van der Waals surface area contributed by atoms with Crippen molar-refractivity contribution in [1.82, 2.24) is 9.97 Å². The van der Waals surface area contributed by atoms with Gasteiger partial charge < -0.3 is 10.1 Å². The number of aromatic nitrogens is 2. The second-order valence-corrected chi connectivity index (χ2v) is 12.4. The van der Waals surface area contributed by atoms with Gasteiger partial charge in [-0.2, -0.15) is 0 Å². The zero-order valence-electron chi connectivity index (χ0n) is 30.0. The van der Waals surface area contributed by atoms with Crippen molar-refractivity contribution in [3.8, 4) is 33.8 Å². The number of nitrogens with zero attached hydrogens (tertiary/aromatic N) is 3. The van der Waals surface area contributed by atoms with Crippen molar-refractivity contribution in [2.75, 3.05) is 0 Å². The zero-order valence-corrected chi connectivity index (χ0v) is 32.4. The minimum absolute atomic E-state index is 0. The van der Waals surface area contributed by atoms with Crippen LogP contribution >= 0.6 is 0 Å². The number of carbonyl (C=O) groups excluding carboxylic acids is 1. The molecule has 0 unspecified atom stereocenters. The first-order valence-electron chi connectivity index (χ1n) is 16.9. The molecule has 1 radical (unpaired) electrons. The quantitative estimate of drug-likeness (QED) is 0.0930. The first-order valence-corrected chi connectivity index (χ1v) is 16.9. The number of benzene rings is 3. The molecule has 0 atom stereocenters. The molecule has 0 amide bonds. The molecule has 1 heterocycles. The molecule has 0 fully saturated rings. The Morgan fingerprint density at radius 2 is 1.46 bits per heavy atom. The van der Waals surface area contributed by atoms with Crippen molar-refractivity contribution in [2.24, 2.45) is 11.8 Å². The first kappa shape index (κ1) is 40.3. The normalized spacial score (nSPS) is 11.1. The summed E-state index contributed by atoms with van der Waals surface area (Å²) >= 11 is 0. The molecule has 0 aliphatic heterocycles. The van der Waals surface area contributed by atoms with Crippen LogP contribution in [0, 0.1) is 52.2 Å². The number of hydrogen-bond acceptors (Lipinski definition) is 4. The maximum atomic E-state index is 11.7. The molecule has 0 bridgehead atoms. The Balaban J connectivity index is 0.000000427. The van der Waals surface area contributed by atoms with Gasteiger partial charge in [-0.15, -0.1) is 34.9 Å². The van der Waals surface area contributed by atoms with E-state index in [1.54, 1.807) is 0 Å². The van der Waals surface area contributed by atoms with E-state index in [4.69, 9.17) is 16.5 Å². The molecule has 1 aromatic heterocycles. The van der Waals surface area contributed by atoms with E-state index in [2.05, 4.69) is 75.9 Å². The van der Waals surface area contributed by atoms with Gasteiger partial charge in [0.15, 0.2) is 11.5 Å². The number of ketones is 1. The summed E-state index contributed by atoms with van der Waals surface area (Å²) in [6.07, 6.45) is 7.60. The SMILES string of the molecule is CCC(CC)C(=O)/C=C(\O)C(CC)CC.[C-]#[N+]c1ccc(CC)c(-c2cnc(-c3[c-]c(C)cc(C)c3)c(-c3cc(C)cc(C)c3)n2)c1.[Ir]. The van der Waals surface area contributed by atoms with Crippen LogP contribution in [0.3, 0.4) is 0 Å². The summed E-state index contributed by atoms with van der Waals surface area (Å²) in [4.78, 5) is 25.4. The van der Waals surface area contributed by atoms with Gasteiger partial charge in [-0.05, 0) is 68.7 Å². The molecule has 255 valence electrons. The van der Waals surface area contributed by atoms with E-state index in [9.17, 15) is 9.90 Å². The predicted molar refractivity (Wildman–Crippen MR) is 196 cm³/mol. The maximum Gasteiger partial charge on any atom is 0.187 e. The minimum atomic E-state index is 0. The summed E-state index contributed by atoms with van der Waals surface area (Å²) in [5, 5.41) is 9.76. The van der Waals surface area contributed by atoms with Crippen molar-refractivity contribution >= 4 is 11.5 Å². The Bertz CT molecular complexity index is 1720. The molecule has 0 spiro atoms. The van der Waals surface area contributed by atoms with Gasteiger partial charge in [0.05, 0.1) is 23.7 Å². The van der Waals surface area contributed by atoms with Crippen molar-refractivity contribution in [2.45, 2.75) is 94.4 Å². The fourth-order valence-electron chi connectivity index (χ4n) is 6.01. The second-order valence-electron chi connectivity index (χ2n) is 12.4. The minimum Gasteiger partial charge on any atom is -0.512 e. The molecule has 4 rings (SSSR count). The Kier molecular flexibility index (Phi) is 16.1. The van der Waals surface area contributed by atoms with E-state index >= 15 is 0 Å². The molecule has 4 aromatic rings. The van der Waals surface area contributed by atoms with Crippen LogP contribution in [0.5, 0.6) is 0 Å². The van der Waals surface area contributed by atoms with Crippen molar-refractivity contribution in [1.29, 1.82) is 0 Å². The Hall–Kier alpha value is -3.91. The average Bonchev–Trinajstić information content (AvgIpc) is 3.04.